The molecule has 0 spiro atoms. The van der Waals surface area contributed by atoms with Crippen LogP contribution in [0, 0.1) is 6.92 Å². The van der Waals surface area contributed by atoms with E-state index in [1.807, 2.05) is 21.0 Å². The summed E-state index contributed by atoms with van der Waals surface area (Å²) in [6, 6.07) is 7.68. The van der Waals surface area contributed by atoms with Crippen LogP contribution in [0.25, 0.3) is 0 Å². The van der Waals surface area contributed by atoms with Crippen LogP contribution < -0.4 is 14.4 Å². The van der Waals surface area contributed by atoms with E-state index in [9.17, 15) is 14.7 Å². The number of hydrogen-bond acceptors (Lipinski definition) is 6. The van der Waals surface area contributed by atoms with E-state index in [1.54, 1.807) is 43.3 Å². The number of quaternary nitrogens is 1. The highest BCUT2D eigenvalue weighted by molar-refractivity contribution is 6.15. The van der Waals surface area contributed by atoms with Gasteiger partial charge in [-0.25, -0.2) is 0 Å². The van der Waals surface area contributed by atoms with Crippen LogP contribution >= 0.6 is 0 Å². The highest BCUT2D eigenvalue weighted by Crippen LogP contribution is 2.41. The first-order chi connectivity index (χ1) is 15.8. The summed E-state index contributed by atoms with van der Waals surface area (Å²) < 4.78 is 16.9. The van der Waals surface area contributed by atoms with E-state index in [-0.39, 0.29) is 11.3 Å². The fraction of sp³-hybridized carbons (Fsp3) is 0.360. The summed E-state index contributed by atoms with van der Waals surface area (Å²) >= 11 is 0. The number of carbonyl (C=O) groups is 2. The average molecular weight is 456 g/mol. The number of hydrogen-bond donors (Lipinski definition) is 2. The van der Waals surface area contributed by atoms with Crippen LogP contribution in [0.15, 0.2) is 58.7 Å². The number of nitrogens with one attached hydrogen (secondary N) is 1. The van der Waals surface area contributed by atoms with Crippen molar-refractivity contribution in [3.63, 3.8) is 0 Å². The van der Waals surface area contributed by atoms with Gasteiger partial charge >= 0.3 is 0 Å². The molecule has 0 saturated heterocycles. The van der Waals surface area contributed by atoms with E-state index in [1.165, 1.54) is 4.90 Å². The number of nitrogens with zero attached hydrogens (tertiary/aromatic N) is 1. The number of aliphatic hydroxyl groups excluding tert-OH is 1. The van der Waals surface area contributed by atoms with E-state index in [4.69, 9.17) is 13.9 Å². The third-order valence-electron chi connectivity index (χ3n) is 5.31. The number of aliphatic hydroxyl groups is 1. The molecule has 0 aliphatic carbocycles. The Labute approximate surface area is 193 Å². The zero-order valence-electron chi connectivity index (χ0n) is 19.5. The molecular weight excluding hydrogens is 424 g/mol. The van der Waals surface area contributed by atoms with Crippen LogP contribution in [0.1, 0.15) is 34.8 Å². The second kappa shape index (κ2) is 10.4. The van der Waals surface area contributed by atoms with Gasteiger partial charge in [0.1, 0.15) is 12.4 Å². The van der Waals surface area contributed by atoms with Gasteiger partial charge < -0.3 is 28.8 Å². The molecule has 0 unspecified atom stereocenters. The fourth-order valence-electron chi connectivity index (χ4n) is 3.73. The molecule has 2 N–H and O–H groups in total. The molecule has 8 nitrogen and oxygen atoms in total. The Kier molecular flexibility index (Phi) is 7.60. The molecule has 0 fully saturated rings. The summed E-state index contributed by atoms with van der Waals surface area (Å²) in [7, 11) is 3.94. The molecule has 3 rings (SSSR count). The molecule has 8 heteroatoms. The predicted molar refractivity (Wildman–Crippen MR) is 123 cm³/mol. The van der Waals surface area contributed by atoms with E-state index in [0.717, 1.165) is 4.90 Å². The topological polar surface area (TPSA) is 93.7 Å². The lowest BCUT2D eigenvalue weighted by Gasteiger charge is -2.27. The third-order valence-corrected chi connectivity index (χ3v) is 5.31. The van der Waals surface area contributed by atoms with Crippen LogP contribution in [-0.2, 0) is 4.79 Å². The lowest BCUT2D eigenvalue weighted by atomic mass is 9.94. The van der Waals surface area contributed by atoms with Crippen LogP contribution in [0.5, 0.6) is 11.5 Å². The number of Topliss-reactive ketones (excluding diaryl/α,β-unsaturated/α-hetero) is 1. The van der Waals surface area contributed by atoms with Gasteiger partial charge in [0.05, 0.1) is 45.4 Å². The van der Waals surface area contributed by atoms with Gasteiger partial charge in [0.25, 0.3) is 5.91 Å². The largest absolute Gasteiger partial charge is 0.503 e. The van der Waals surface area contributed by atoms with Crippen molar-refractivity contribution in [3.05, 3.63) is 71.4 Å². The maximum atomic E-state index is 13.3. The Morgan fingerprint density at radius 1 is 1.24 bits per heavy atom. The van der Waals surface area contributed by atoms with Gasteiger partial charge in [-0.2, -0.15) is 0 Å². The van der Waals surface area contributed by atoms with Crippen molar-refractivity contribution in [2.75, 3.05) is 40.4 Å². The maximum Gasteiger partial charge on any atom is 0.290 e. The molecule has 2 heterocycles. The van der Waals surface area contributed by atoms with Gasteiger partial charge in [-0.1, -0.05) is 18.7 Å². The molecule has 1 atom stereocenters. The summed E-state index contributed by atoms with van der Waals surface area (Å²) in [4.78, 5) is 29.0. The second-order valence-corrected chi connectivity index (χ2v) is 8.10. The summed E-state index contributed by atoms with van der Waals surface area (Å²) in [5.41, 5.74) is 0.618. The first-order valence-electron chi connectivity index (χ1n) is 10.9. The number of ether oxygens (including phenoxy) is 2. The Morgan fingerprint density at radius 2 is 2.00 bits per heavy atom. The van der Waals surface area contributed by atoms with Crippen molar-refractivity contribution in [2.45, 2.75) is 19.9 Å². The third kappa shape index (κ3) is 5.12. The minimum atomic E-state index is -0.789. The van der Waals surface area contributed by atoms with Crippen LogP contribution in [0.2, 0.25) is 0 Å². The molecule has 176 valence electrons. The van der Waals surface area contributed by atoms with Crippen molar-refractivity contribution < 1.29 is 33.5 Å². The number of aryl methyl sites for hydroxylation is 1. The van der Waals surface area contributed by atoms with Crippen molar-refractivity contribution in [2.24, 2.45) is 0 Å². The van der Waals surface area contributed by atoms with Crippen molar-refractivity contribution in [3.8, 4) is 11.5 Å². The summed E-state index contributed by atoms with van der Waals surface area (Å²) in [6.45, 7) is 8.94. The van der Waals surface area contributed by atoms with Crippen LogP contribution in [0.3, 0.4) is 0 Å². The number of rotatable bonds is 11. The van der Waals surface area contributed by atoms with E-state index < -0.39 is 23.5 Å². The minimum Gasteiger partial charge on any atom is -0.503 e. The lowest BCUT2D eigenvalue weighted by Crippen LogP contribution is -3.06. The summed E-state index contributed by atoms with van der Waals surface area (Å²) in [6.07, 6.45) is 1.63. The molecule has 0 radical (unpaired) electrons. The maximum absolute atomic E-state index is 13.3. The molecule has 1 aliphatic rings. The van der Waals surface area contributed by atoms with Gasteiger partial charge in [-0.05, 0) is 43.7 Å². The Morgan fingerprint density at radius 3 is 2.61 bits per heavy atom. The summed E-state index contributed by atoms with van der Waals surface area (Å²) in [5, 5.41) is 10.8. The molecule has 1 aromatic carbocycles. The molecule has 0 bridgehead atoms. The number of amides is 1. The van der Waals surface area contributed by atoms with Gasteiger partial charge in [-0.3, -0.25) is 9.59 Å². The van der Waals surface area contributed by atoms with Gasteiger partial charge in [0.2, 0.25) is 5.78 Å². The zero-order chi connectivity index (χ0) is 24.1. The Balaban J connectivity index is 2.09. The Bertz CT molecular complexity index is 1070. The minimum absolute atomic E-state index is 0.00897. The standard InChI is InChI=1S/C25H30N2O6/c1-6-14-32-18-11-9-17(15-20(18)31-7-2)22-21(23(28)19-10-8-16(3)33-19)24(29)25(30)27(22)13-12-26(4)5/h6,8-11,15,22,29H,1,7,12-14H2,2-5H3/p+1/t22-/m0/s1. The molecule has 33 heavy (non-hydrogen) atoms. The normalized spacial score (nSPS) is 16.0. The highest BCUT2D eigenvalue weighted by atomic mass is 16.5. The zero-order valence-corrected chi connectivity index (χ0v) is 19.5. The summed E-state index contributed by atoms with van der Waals surface area (Å²) in [5.74, 6) is -0.0248. The SMILES string of the molecule is C=CCOc1ccc([C@H]2C(C(=O)c3ccc(C)o3)=C(O)C(=O)N2CC[NH+](C)C)cc1OCC. The smallest absolute Gasteiger partial charge is 0.290 e. The highest BCUT2D eigenvalue weighted by Gasteiger charge is 2.44. The lowest BCUT2D eigenvalue weighted by molar-refractivity contribution is -0.857. The molecule has 1 aromatic heterocycles. The monoisotopic (exact) mass is 455 g/mol. The number of ketones is 1. The quantitative estimate of drug-likeness (QED) is 0.399. The molecule has 2 aromatic rings. The molecule has 1 aliphatic heterocycles. The predicted octanol–water partition coefficient (Wildman–Crippen LogP) is 2.27. The van der Waals surface area contributed by atoms with Crippen LogP contribution in [-0.4, -0.2) is 62.1 Å². The average Bonchev–Trinajstić information content (AvgIpc) is 3.32. The molecule has 1 amide bonds. The second-order valence-electron chi connectivity index (χ2n) is 8.10. The first-order valence-corrected chi connectivity index (χ1v) is 10.9. The van der Waals surface area contributed by atoms with E-state index in [2.05, 4.69) is 6.58 Å². The van der Waals surface area contributed by atoms with Gasteiger partial charge in [-0.15, -0.1) is 0 Å². The number of likely N-dealkylation sites (N-methyl/N-ethyl adjacent to an activating group) is 1. The molecular formula is C25H31N2O6+. The van der Waals surface area contributed by atoms with Crippen molar-refractivity contribution in [1.82, 2.24) is 4.90 Å². The number of carbonyl (C=O) groups excluding carboxylic acids is 2. The van der Waals surface area contributed by atoms with Gasteiger partial charge in [0.15, 0.2) is 23.0 Å². The Hall–Kier alpha value is -3.52. The first kappa shape index (κ1) is 24.1. The number of benzene rings is 1. The molecule has 0 saturated carbocycles. The fourth-order valence-corrected chi connectivity index (χ4v) is 3.73. The van der Waals surface area contributed by atoms with E-state index in [0.29, 0.717) is 49.1 Å². The van der Waals surface area contributed by atoms with Crippen molar-refractivity contribution in [1.29, 1.82) is 0 Å². The van der Waals surface area contributed by atoms with Crippen molar-refractivity contribution >= 4 is 11.7 Å². The number of furan rings is 1. The van der Waals surface area contributed by atoms with Gasteiger partial charge in [0, 0.05) is 0 Å². The van der Waals surface area contributed by atoms with E-state index >= 15 is 0 Å². The van der Waals surface area contributed by atoms with Crippen LogP contribution in [0.4, 0.5) is 0 Å².